The molecule has 1 aliphatic rings. The Morgan fingerprint density at radius 2 is 1.83 bits per heavy atom. The fraction of sp³-hybridized carbons (Fsp3) is 0.684. The van der Waals surface area contributed by atoms with E-state index in [1.165, 1.54) is 24.3 Å². The number of hydrogen-bond donors (Lipinski definition) is 1. The number of rotatable bonds is 8. The molecule has 0 spiro atoms. The van der Waals surface area contributed by atoms with Gasteiger partial charge in [0.2, 0.25) is 6.29 Å². The van der Waals surface area contributed by atoms with Crippen LogP contribution in [0.1, 0.15) is 27.7 Å². The van der Waals surface area contributed by atoms with Crippen LogP contribution in [0.25, 0.3) is 0 Å². The van der Waals surface area contributed by atoms with E-state index < -0.39 is 33.2 Å². The fourth-order valence-electron chi connectivity index (χ4n) is 2.83. The number of hydrogen-bond acceptors (Lipinski definition) is 7. The van der Waals surface area contributed by atoms with Gasteiger partial charge in [-0.25, -0.2) is 0 Å². The number of nitro benzene ring substituents is 1. The highest BCUT2D eigenvalue weighted by Gasteiger charge is 2.49. The van der Waals surface area contributed by atoms with Gasteiger partial charge in [0.05, 0.1) is 17.6 Å². The van der Waals surface area contributed by atoms with Crippen molar-refractivity contribution in [2.75, 3.05) is 13.3 Å². The van der Waals surface area contributed by atoms with Crippen LogP contribution < -0.4 is 4.74 Å². The number of nitrogens with zero attached hydrogens (tertiary/aromatic N) is 1. The second-order valence-corrected chi connectivity index (χ2v) is 15.8. The molecule has 1 fully saturated rings. The van der Waals surface area contributed by atoms with E-state index in [9.17, 15) is 19.6 Å². The van der Waals surface area contributed by atoms with Crippen molar-refractivity contribution in [3.63, 3.8) is 0 Å². The van der Waals surface area contributed by atoms with Gasteiger partial charge < -0.3 is 23.3 Å². The first kappa shape index (κ1) is 25.0. The lowest BCUT2D eigenvalue weighted by Gasteiger charge is -2.40. The summed E-state index contributed by atoms with van der Waals surface area (Å²) in [6.07, 6.45) is -1.66. The lowest BCUT2D eigenvalue weighted by Crippen LogP contribution is -2.48. The maximum absolute atomic E-state index is 11.6. The van der Waals surface area contributed by atoms with Gasteiger partial charge in [-0.2, -0.15) is 0 Å². The zero-order valence-corrected chi connectivity index (χ0v) is 20.4. The third-order valence-electron chi connectivity index (χ3n) is 5.64. The molecule has 1 heterocycles. The van der Waals surface area contributed by atoms with Crippen LogP contribution in [-0.2, 0) is 18.3 Å². The van der Waals surface area contributed by atoms with Gasteiger partial charge in [0, 0.05) is 24.7 Å². The second kappa shape index (κ2) is 9.06. The van der Waals surface area contributed by atoms with Crippen LogP contribution >= 0.6 is 7.60 Å². The Balaban J connectivity index is 2.20. The molecule has 9 nitrogen and oxygen atoms in total. The molecule has 170 valence electrons. The molecule has 0 radical (unpaired) electrons. The minimum absolute atomic E-state index is 0.0326. The Bertz CT molecular complexity index is 789. The van der Waals surface area contributed by atoms with E-state index in [0.29, 0.717) is 5.75 Å². The van der Waals surface area contributed by atoms with Gasteiger partial charge in [0.15, 0.2) is 8.32 Å². The van der Waals surface area contributed by atoms with Crippen LogP contribution in [0.5, 0.6) is 5.75 Å². The molecule has 11 heteroatoms. The zero-order valence-electron chi connectivity index (χ0n) is 18.5. The van der Waals surface area contributed by atoms with Crippen LogP contribution in [0, 0.1) is 16.0 Å². The molecule has 1 N–H and O–H groups in total. The van der Waals surface area contributed by atoms with Crippen LogP contribution in [0.15, 0.2) is 24.3 Å². The largest absolute Gasteiger partial charge is 0.465 e. The highest BCUT2D eigenvalue weighted by atomic mass is 31.2. The molecule has 1 aliphatic heterocycles. The summed E-state index contributed by atoms with van der Waals surface area (Å²) in [6, 6.07) is 5.74. The van der Waals surface area contributed by atoms with Crippen molar-refractivity contribution in [1.82, 2.24) is 0 Å². The third kappa shape index (κ3) is 6.35. The summed E-state index contributed by atoms with van der Waals surface area (Å²) in [5.74, 6) is 0.228. The molecule has 5 atom stereocenters. The van der Waals surface area contributed by atoms with Crippen LogP contribution in [0.4, 0.5) is 5.69 Å². The van der Waals surface area contributed by atoms with Gasteiger partial charge in [-0.15, -0.1) is 0 Å². The monoisotopic (exact) mass is 461 g/mol. The van der Waals surface area contributed by atoms with Gasteiger partial charge in [-0.1, -0.05) is 27.7 Å². The highest BCUT2D eigenvalue weighted by Crippen LogP contribution is 2.43. The van der Waals surface area contributed by atoms with E-state index in [1.807, 2.05) is 6.92 Å². The fourth-order valence-corrected chi connectivity index (χ4v) is 4.65. The summed E-state index contributed by atoms with van der Waals surface area (Å²) in [4.78, 5) is 19.9. The molecule has 1 aromatic carbocycles. The first-order valence-corrected chi connectivity index (χ1v) is 14.7. The van der Waals surface area contributed by atoms with Crippen LogP contribution in [0.2, 0.25) is 18.1 Å². The van der Waals surface area contributed by atoms with Crippen molar-refractivity contribution in [3.8, 4) is 5.75 Å². The summed E-state index contributed by atoms with van der Waals surface area (Å²) in [5, 5.41) is 10.8. The summed E-state index contributed by atoms with van der Waals surface area (Å²) < 4.78 is 35.2. The van der Waals surface area contributed by atoms with Gasteiger partial charge in [-0.05, 0) is 30.3 Å². The van der Waals surface area contributed by atoms with E-state index in [-0.39, 0.29) is 29.4 Å². The Morgan fingerprint density at radius 3 is 2.30 bits per heavy atom. The van der Waals surface area contributed by atoms with Crippen molar-refractivity contribution in [2.24, 2.45) is 5.92 Å². The average molecular weight is 462 g/mol. The zero-order chi connectivity index (χ0) is 22.9. The lowest BCUT2D eigenvalue weighted by molar-refractivity contribution is -0.384. The minimum Gasteiger partial charge on any atom is -0.465 e. The topological polar surface area (TPSA) is 117 Å². The Labute approximate surface area is 178 Å². The molecule has 2 unspecified atom stereocenters. The van der Waals surface area contributed by atoms with Gasteiger partial charge in [0.25, 0.3) is 5.69 Å². The smallest absolute Gasteiger partial charge is 0.325 e. The van der Waals surface area contributed by atoms with E-state index >= 15 is 0 Å². The molecular weight excluding hydrogens is 429 g/mol. The van der Waals surface area contributed by atoms with Crippen molar-refractivity contribution in [2.45, 2.75) is 64.3 Å². The van der Waals surface area contributed by atoms with Gasteiger partial charge in [-0.3, -0.25) is 14.7 Å². The molecule has 1 aromatic rings. The predicted molar refractivity (Wildman–Crippen MR) is 115 cm³/mol. The summed E-state index contributed by atoms with van der Waals surface area (Å²) >= 11 is 0. The maximum Gasteiger partial charge on any atom is 0.325 e. The molecule has 2 rings (SSSR count). The van der Waals surface area contributed by atoms with Crippen LogP contribution in [0.3, 0.4) is 0 Å². The lowest BCUT2D eigenvalue weighted by atomic mass is 10.0. The molecular formula is C19H32NO8PSi. The van der Waals surface area contributed by atoms with Crippen molar-refractivity contribution in [1.29, 1.82) is 0 Å². The number of non-ortho nitro benzene ring substituents is 1. The Hall–Kier alpha value is -1.29. The summed E-state index contributed by atoms with van der Waals surface area (Å²) in [6.45, 7) is 13.6. The third-order valence-corrected chi connectivity index (χ3v) is 10.7. The molecule has 0 aliphatic carbocycles. The van der Waals surface area contributed by atoms with E-state index in [2.05, 4.69) is 33.9 Å². The SMILES string of the molecule is CC1[C@@H](Oc2ccc([N+](=O)[O-])cc2)O[C@H](COP(C)(=O)O)[C@H]1O[Si](C)(C)C(C)(C)C. The molecule has 0 bridgehead atoms. The molecule has 0 aromatic heterocycles. The van der Waals surface area contributed by atoms with Gasteiger partial charge in [0.1, 0.15) is 11.9 Å². The quantitative estimate of drug-likeness (QED) is 0.259. The number of nitro groups is 1. The first-order chi connectivity index (χ1) is 13.6. The van der Waals surface area contributed by atoms with E-state index in [1.54, 1.807) is 0 Å². The highest BCUT2D eigenvalue weighted by molar-refractivity contribution is 7.51. The molecule has 0 amide bonds. The predicted octanol–water partition coefficient (Wildman–Crippen LogP) is 4.56. The maximum atomic E-state index is 11.6. The Kier molecular flexibility index (Phi) is 7.54. The van der Waals surface area contributed by atoms with Crippen molar-refractivity contribution < 1.29 is 32.8 Å². The summed E-state index contributed by atoms with van der Waals surface area (Å²) in [7, 11) is -5.85. The first-order valence-electron chi connectivity index (χ1n) is 9.80. The van der Waals surface area contributed by atoms with Crippen molar-refractivity contribution >= 4 is 21.6 Å². The number of benzene rings is 1. The van der Waals surface area contributed by atoms with E-state index in [4.69, 9.17) is 18.4 Å². The summed E-state index contributed by atoms with van der Waals surface area (Å²) in [5.41, 5.74) is -0.0326. The minimum atomic E-state index is -3.68. The van der Waals surface area contributed by atoms with Crippen LogP contribution in [-0.4, -0.2) is 49.9 Å². The van der Waals surface area contributed by atoms with Gasteiger partial charge >= 0.3 is 7.60 Å². The molecule has 30 heavy (non-hydrogen) atoms. The normalized spacial score (nSPS) is 26.9. The molecule has 1 saturated heterocycles. The average Bonchev–Trinajstić information content (AvgIpc) is 2.87. The second-order valence-electron chi connectivity index (χ2n) is 9.21. The van der Waals surface area contributed by atoms with Crippen molar-refractivity contribution in [3.05, 3.63) is 34.4 Å². The van der Waals surface area contributed by atoms with E-state index in [0.717, 1.165) is 6.66 Å². The number of ether oxygens (including phenoxy) is 2. The standard InChI is InChI=1S/C19H32NO8PSi/c1-13-17(28-30(6,7)19(2,3)4)16(12-25-29(5,23)24)27-18(13)26-15-10-8-14(9-11-15)20(21)22/h8-11,13,16-18H,12H2,1-7H3,(H,23,24)/t13?,16-,17+,18+/m1/s1. The Morgan fingerprint density at radius 1 is 1.27 bits per heavy atom. The molecule has 0 saturated carbocycles.